The predicted molar refractivity (Wildman–Crippen MR) is 70.5 cm³/mol. The van der Waals surface area contributed by atoms with Crippen LogP contribution in [0, 0.1) is 5.92 Å². The zero-order valence-electron chi connectivity index (χ0n) is 10.7. The average Bonchev–Trinajstić information content (AvgIpc) is 2.24. The fourth-order valence-electron chi connectivity index (χ4n) is 1.60. The molecule has 0 amide bonds. The fourth-order valence-corrected chi connectivity index (χ4v) is 1.95. The van der Waals surface area contributed by atoms with Crippen molar-refractivity contribution >= 4 is 17.4 Å². The molecule has 0 saturated heterocycles. The van der Waals surface area contributed by atoms with Gasteiger partial charge in [0.25, 0.3) is 0 Å². The van der Waals surface area contributed by atoms with Crippen LogP contribution in [0.1, 0.15) is 39.2 Å². The number of anilines is 1. The summed E-state index contributed by atoms with van der Waals surface area (Å²) < 4.78 is 0. The number of aromatic nitrogens is 2. The monoisotopic (exact) mass is 257 g/mol. The van der Waals surface area contributed by atoms with Crippen LogP contribution in [0.2, 0.25) is 5.15 Å². The van der Waals surface area contributed by atoms with Gasteiger partial charge in [-0.05, 0) is 11.8 Å². The molecular weight excluding hydrogens is 238 g/mol. The Labute approximate surface area is 107 Å². The van der Waals surface area contributed by atoms with E-state index in [9.17, 15) is 5.11 Å². The quantitative estimate of drug-likeness (QED) is 0.797. The number of nitrogens with one attached hydrogen (secondary N) is 1. The molecule has 0 aliphatic heterocycles. The van der Waals surface area contributed by atoms with E-state index in [0.29, 0.717) is 16.9 Å². The van der Waals surface area contributed by atoms with Crippen LogP contribution in [-0.2, 0) is 0 Å². The van der Waals surface area contributed by atoms with Crippen molar-refractivity contribution in [2.24, 2.45) is 5.92 Å². The van der Waals surface area contributed by atoms with E-state index in [0.717, 1.165) is 5.56 Å². The van der Waals surface area contributed by atoms with Crippen molar-refractivity contribution in [2.45, 2.75) is 39.7 Å². The van der Waals surface area contributed by atoms with Gasteiger partial charge in [-0.1, -0.05) is 39.3 Å². The van der Waals surface area contributed by atoms with Crippen LogP contribution in [0.15, 0.2) is 6.33 Å². The lowest BCUT2D eigenvalue weighted by Gasteiger charge is -2.23. The number of aliphatic hydroxyl groups is 1. The zero-order valence-corrected chi connectivity index (χ0v) is 11.5. The third kappa shape index (κ3) is 3.54. The molecule has 1 atom stereocenters. The standard InChI is InChI=1S/C12H20ClN3O/c1-7(2)9(5-17)16-12-10(8(3)4)11(13)14-6-15-12/h6-9,17H,5H2,1-4H3,(H,14,15,16). The van der Waals surface area contributed by atoms with Gasteiger partial charge < -0.3 is 10.4 Å². The zero-order chi connectivity index (χ0) is 13.0. The van der Waals surface area contributed by atoms with Crippen LogP contribution in [0.3, 0.4) is 0 Å². The average molecular weight is 258 g/mol. The number of aliphatic hydroxyl groups excluding tert-OH is 1. The van der Waals surface area contributed by atoms with Gasteiger partial charge in [0.15, 0.2) is 0 Å². The van der Waals surface area contributed by atoms with Crippen LogP contribution in [0.25, 0.3) is 0 Å². The summed E-state index contributed by atoms with van der Waals surface area (Å²) in [7, 11) is 0. The van der Waals surface area contributed by atoms with Crippen molar-refractivity contribution < 1.29 is 5.11 Å². The molecule has 1 aromatic rings. The largest absolute Gasteiger partial charge is 0.394 e. The first-order valence-corrected chi connectivity index (χ1v) is 6.23. The van der Waals surface area contributed by atoms with Gasteiger partial charge in [-0.3, -0.25) is 0 Å². The highest BCUT2D eigenvalue weighted by atomic mass is 35.5. The Hall–Kier alpha value is -0.870. The molecule has 0 fully saturated rings. The summed E-state index contributed by atoms with van der Waals surface area (Å²) in [4.78, 5) is 8.20. The van der Waals surface area contributed by atoms with E-state index in [1.807, 2.05) is 27.7 Å². The first-order valence-electron chi connectivity index (χ1n) is 5.85. The van der Waals surface area contributed by atoms with E-state index in [-0.39, 0.29) is 18.6 Å². The lowest BCUT2D eigenvalue weighted by Crippen LogP contribution is -2.30. The fraction of sp³-hybridized carbons (Fsp3) is 0.667. The predicted octanol–water partition coefficient (Wildman–Crippen LogP) is 2.68. The minimum absolute atomic E-state index is 0.0292. The van der Waals surface area contributed by atoms with Crippen LogP contribution in [0.5, 0.6) is 0 Å². The molecule has 1 heterocycles. The van der Waals surface area contributed by atoms with Crippen LogP contribution in [0.4, 0.5) is 5.82 Å². The maximum absolute atomic E-state index is 9.32. The van der Waals surface area contributed by atoms with Crippen molar-refractivity contribution in [1.29, 1.82) is 0 Å². The van der Waals surface area contributed by atoms with Crippen LogP contribution < -0.4 is 5.32 Å². The topological polar surface area (TPSA) is 58.0 Å². The number of hydrogen-bond donors (Lipinski definition) is 2. The molecule has 0 saturated carbocycles. The van der Waals surface area contributed by atoms with Gasteiger partial charge in [0.05, 0.1) is 12.6 Å². The Morgan fingerprint density at radius 3 is 2.41 bits per heavy atom. The molecule has 2 N–H and O–H groups in total. The molecule has 4 nitrogen and oxygen atoms in total. The molecule has 17 heavy (non-hydrogen) atoms. The Kier molecular flexibility index (Phi) is 5.15. The van der Waals surface area contributed by atoms with Crippen molar-refractivity contribution in [3.63, 3.8) is 0 Å². The maximum Gasteiger partial charge on any atom is 0.138 e. The summed E-state index contributed by atoms with van der Waals surface area (Å²) >= 11 is 6.08. The molecule has 1 aromatic heterocycles. The van der Waals surface area contributed by atoms with Gasteiger partial charge in [0.1, 0.15) is 17.3 Å². The highest BCUT2D eigenvalue weighted by Gasteiger charge is 2.18. The van der Waals surface area contributed by atoms with E-state index in [1.165, 1.54) is 6.33 Å². The minimum Gasteiger partial charge on any atom is -0.394 e. The van der Waals surface area contributed by atoms with Gasteiger partial charge in [-0.2, -0.15) is 0 Å². The maximum atomic E-state index is 9.32. The molecule has 0 aliphatic carbocycles. The summed E-state index contributed by atoms with van der Waals surface area (Å²) in [5.74, 6) is 1.26. The highest BCUT2D eigenvalue weighted by molar-refractivity contribution is 6.30. The number of halogens is 1. The second-order valence-electron chi connectivity index (χ2n) is 4.76. The SMILES string of the molecule is CC(C)c1c(Cl)ncnc1NC(CO)C(C)C. The Bertz CT molecular complexity index is 369. The third-order valence-electron chi connectivity index (χ3n) is 2.74. The molecular formula is C12H20ClN3O. The van der Waals surface area contributed by atoms with Crippen molar-refractivity contribution in [3.05, 3.63) is 17.0 Å². The smallest absolute Gasteiger partial charge is 0.138 e. The molecule has 0 radical (unpaired) electrons. The molecule has 0 spiro atoms. The molecule has 0 aromatic carbocycles. The number of nitrogens with zero attached hydrogens (tertiary/aromatic N) is 2. The van der Waals surface area contributed by atoms with Gasteiger partial charge in [0, 0.05) is 5.56 Å². The molecule has 5 heteroatoms. The van der Waals surface area contributed by atoms with Crippen LogP contribution in [-0.4, -0.2) is 27.7 Å². The molecule has 96 valence electrons. The van der Waals surface area contributed by atoms with E-state index < -0.39 is 0 Å². The number of rotatable bonds is 5. The summed E-state index contributed by atoms with van der Waals surface area (Å²) in [6, 6.07) is -0.0292. The van der Waals surface area contributed by atoms with Crippen LogP contribution >= 0.6 is 11.6 Å². The first kappa shape index (κ1) is 14.2. The van der Waals surface area contributed by atoms with Crippen molar-refractivity contribution in [1.82, 2.24) is 9.97 Å². The van der Waals surface area contributed by atoms with E-state index in [1.54, 1.807) is 0 Å². The first-order chi connectivity index (χ1) is 7.97. The highest BCUT2D eigenvalue weighted by Crippen LogP contribution is 2.28. The van der Waals surface area contributed by atoms with Gasteiger partial charge in [0.2, 0.25) is 0 Å². The van der Waals surface area contributed by atoms with Gasteiger partial charge >= 0.3 is 0 Å². The lowest BCUT2D eigenvalue weighted by atomic mass is 10.0. The van der Waals surface area contributed by atoms with Gasteiger partial charge in [-0.15, -0.1) is 0 Å². The Morgan fingerprint density at radius 1 is 1.29 bits per heavy atom. The minimum atomic E-state index is -0.0292. The molecule has 0 aliphatic rings. The Morgan fingerprint density at radius 2 is 1.94 bits per heavy atom. The van der Waals surface area contributed by atoms with E-state index in [4.69, 9.17) is 11.6 Å². The second-order valence-corrected chi connectivity index (χ2v) is 5.12. The van der Waals surface area contributed by atoms with Crippen molar-refractivity contribution in [3.8, 4) is 0 Å². The molecule has 1 unspecified atom stereocenters. The molecule has 0 bridgehead atoms. The van der Waals surface area contributed by atoms with Crippen molar-refractivity contribution in [2.75, 3.05) is 11.9 Å². The summed E-state index contributed by atoms with van der Waals surface area (Å²) in [6.07, 6.45) is 1.44. The van der Waals surface area contributed by atoms with E-state index in [2.05, 4.69) is 15.3 Å². The lowest BCUT2D eigenvalue weighted by molar-refractivity contribution is 0.249. The Balaban J connectivity index is 3.01. The summed E-state index contributed by atoms with van der Waals surface area (Å²) in [6.45, 7) is 8.24. The second kappa shape index (κ2) is 6.17. The normalized spacial score (nSPS) is 13.2. The number of hydrogen-bond acceptors (Lipinski definition) is 4. The third-order valence-corrected chi connectivity index (χ3v) is 3.04. The van der Waals surface area contributed by atoms with Gasteiger partial charge in [-0.25, -0.2) is 9.97 Å². The van der Waals surface area contributed by atoms with E-state index >= 15 is 0 Å². The summed E-state index contributed by atoms with van der Waals surface area (Å²) in [5, 5.41) is 13.0. The molecule has 1 rings (SSSR count). The summed E-state index contributed by atoms with van der Waals surface area (Å²) in [5.41, 5.74) is 0.897.